The van der Waals surface area contributed by atoms with Crippen molar-refractivity contribution in [1.29, 1.82) is 0 Å². The van der Waals surface area contributed by atoms with Gasteiger partial charge >= 0.3 is 0 Å². The van der Waals surface area contributed by atoms with E-state index in [9.17, 15) is 18.3 Å². The molecule has 0 unspecified atom stereocenters. The molecule has 0 aliphatic carbocycles. The molecule has 0 saturated carbocycles. The summed E-state index contributed by atoms with van der Waals surface area (Å²) >= 11 is 0. The van der Waals surface area contributed by atoms with Gasteiger partial charge in [0, 0.05) is 5.56 Å². The summed E-state index contributed by atoms with van der Waals surface area (Å²) in [6, 6.07) is 19.5. The largest absolute Gasteiger partial charge is 0.504 e. The van der Waals surface area contributed by atoms with Gasteiger partial charge in [-0.15, -0.1) is 0 Å². The zero-order valence-electron chi connectivity index (χ0n) is 17.6. The Hall–Kier alpha value is -3.85. The normalized spacial score (nSPS) is 11.3. The van der Waals surface area contributed by atoms with E-state index in [0.29, 0.717) is 11.3 Å². The quantitative estimate of drug-likeness (QED) is 0.403. The first kappa shape index (κ1) is 22.8. The van der Waals surface area contributed by atoms with Crippen molar-refractivity contribution >= 4 is 27.8 Å². The topological polar surface area (TPSA) is 108 Å². The number of hydrazone groups is 1. The van der Waals surface area contributed by atoms with Crippen LogP contribution >= 0.6 is 0 Å². The van der Waals surface area contributed by atoms with Crippen LogP contribution in [0, 0.1) is 6.92 Å². The van der Waals surface area contributed by atoms with Gasteiger partial charge in [-0.2, -0.15) is 5.10 Å². The van der Waals surface area contributed by atoms with Crippen LogP contribution in [-0.4, -0.2) is 39.3 Å². The molecule has 1 amide bonds. The number of carbonyl (C=O) groups is 1. The second-order valence-corrected chi connectivity index (χ2v) is 8.71. The molecular formula is C23H23N3O5S. The van der Waals surface area contributed by atoms with E-state index in [1.54, 1.807) is 60.7 Å². The highest BCUT2D eigenvalue weighted by Gasteiger charge is 2.27. The highest BCUT2D eigenvalue weighted by molar-refractivity contribution is 7.92. The van der Waals surface area contributed by atoms with Crippen LogP contribution in [0.1, 0.15) is 11.1 Å². The van der Waals surface area contributed by atoms with Gasteiger partial charge in [-0.25, -0.2) is 13.8 Å². The molecule has 0 radical (unpaired) electrons. The summed E-state index contributed by atoms with van der Waals surface area (Å²) in [6.45, 7) is 1.40. The summed E-state index contributed by atoms with van der Waals surface area (Å²) in [5, 5.41) is 13.9. The van der Waals surface area contributed by atoms with Gasteiger partial charge < -0.3 is 9.84 Å². The van der Waals surface area contributed by atoms with Crippen LogP contribution in [0.2, 0.25) is 0 Å². The molecule has 0 atom stereocenters. The van der Waals surface area contributed by atoms with Gasteiger partial charge in [-0.1, -0.05) is 42.0 Å². The maximum Gasteiger partial charge on any atom is 0.264 e. The van der Waals surface area contributed by atoms with Crippen molar-refractivity contribution in [1.82, 2.24) is 5.43 Å². The average molecular weight is 454 g/mol. The molecule has 3 rings (SSSR count). The van der Waals surface area contributed by atoms with E-state index in [1.807, 2.05) is 6.92 Å². The first-order valence-electron chi connectivity index (χ1n) is 9.65. The Labute approximate surface area is 186 Å². The lowest BCUT2D eigenvalue weighted by Gasteiger charge is -2.23. The molecule has 0 fully saturated rings. The second-order valence-electron chi connectivity index (χ2n) is 6.85. The summed E-state index contributed by atoms with van der Waals surface area (Å²) in [7, 11) is -2.57. The minimum absolute atomic E-state index is 0.0678. The minimum atomic E-state index is -3.99. The number of para-hydroxylation sites is 1. The highest BCUT2D eigenvalue weighted by atomic mass is 32.2. The van der Waals surface area contributed by atoms with E-state index < -0.39 is 22.5 Å². The molecule has 32 heavy (non-hydrogen) atoms. The Morgan fingerprint density at radius 3 is 2.41 bits per heavy atom. The molecular weight excluding hydrogens is 430 g/mol. The lowest BCUT2D eigenvalue weighted by molar-refractivity contribution is -0.119. The van der Waals surface area contributed by atoms with Gasteiger partial charge in [0.2, 0.25) is 0 Å². The summed E-state index contributed by atoms with van der Waals surface area (Å²) < 4.78 is 32.5. The summed E-state index contributed by atoms with van der Waals surface area (Å²) in [4.78, 5) is 12.6. The van der Waals surface area contributed by atoms with Crippen molar-refractivity contribution in [2.45, 2.75) is 11.8 Å². The number of phenolic OH excluding ortho intramolecular Hbond substituents is 1. The smallest absolute Gasteiger partial charge is 0.264 e. The number of benzene rings is 3. The van der Waals surface area contributed by atoms with Crippen molar-refractivity contribution in [3.8, 4) is 11.5 Å². The number of nitrogens with one attached hydrogen (secondary N) is 1. The number of anilines is 1. The standard InChI is InChI=1S/C23H23N3O5S/c1-17-11-13-19(14-12-17)26(32(29,30)20-8-4-3-5-9-20)16-22(27)25-24-15-18-7-6-10-21(31-2)23(18)28/h3-15,28H,16H2,1-2H3,(H,25,27)/b24-15-. The zero-order valence-corrected chi connectivity index (χ0v) is 18.4. The van der Waals surface area contributed by atoms with E-state index >= 15 is 0 Å². The number of ether oxygens (including phenoxy) is 1. The van der Waals surface area contributed by atoms with Crippen molar-refractivity contribution < 1.29 is 23.1 Å². The molecule has 0 saturated heterocycles. The Bertz CT molecular complexity index is 1210. The van der Waals surface area contributed by atoms with E-state index in [-0.39, 0.29) is 16.4 Å². The Morgan fingerprint density at radius 2 is 1.75 bits per heavy atom. The van der Waals surface area contributed by atoms with E-state index in [0.717, 1.165) is 9.87 Å². The maximum atomic E-state index is 13.2. The fourth-order valence-electron chi connectivity index (χ4n) is 2.89. The van der Waals surface area contributed by atoms with Crippen LogP contribution in [0.4, 0.5) is 5.69 Å². The van der Waals surface area contributed by atoms with Crippen LogP contribution in [0.3, 0.4) is 0 Å². The van der Waals surface area contributed by atoms with Gasteiger partial charge in [0.25, 0.3) is 15.9 Å². The highest BCUT2D eigenvalue weighted by Crippen LogP contribution is 2.28. The Morgan fingerprint density at radius 1 is 1.06 bits per heavy atom. The van der Waals surface area contributed by atoms with Crippen LogP contribution in [-0.2, 0) is 14.8 Å². The zero-order chi connectivity index (χ0) is 23.1. The molecule has 2 N–H and O–H groups in total. The number of aryl methyl sites for hydroxylation is 1. The summed E-state index contributed by atoms with van der Waals surface area (Å²) in [5.74, 6) is -0.510. The fraction of sp³-hybridized carbons (Fsp3) is 0.130. The molecule has 0 aliphatic heterocycles. The predicted octanol–water partition coefficient (Wildman–Crippen LogP) is 3.05. The molecule has 0 aromatic heterocycles. The summed E-state index contributed by atoms with van der Waals surface area (Å²) in [6.07, 6.45) is 1.25. The van der Waals surface area contributed by atoms with Crippen LogP contribution in [0.25, 0.3) is 0 Å². The number of sulfonamides is 1. The van der Waals surface area contributed by atoms with Crippen LogP contribution in [0.5, 0.6) is 11.5 Å². The molecule has 8 nitrogen and oxygen atoms in total. The monoisotopic (exact) mass is 453 g/mol. The number of rotatable bonds is 8. The predicted molar refractivity (Wildman–Crippen MR) is 123 cm³/mol. The fourth-order valence-corrected chi connectivity index (χ4v) is 4.34. The first-order chi connectivity index (χ1) is 15.3. The van der Waals surface area contributed by atoms with Gasteiger partial charge in [-0.3, -0.25) is 9.10 Å². The van der Waals surface area contributed by atoms with Gasteiger partial charge in [0.05, 0.1) is 23.9 Å². The molecule has 3 aromatic carbocycles. The Balaban J connectivity index is 1.82. The summed E-state index contributed by atoms with van der Waals surface area (Å²) in [5.41, 5.74) is 3.94. The lowest BCUT2D eigenvalue weighted by atomic mass is 10.2. The van der Waals surface area contributed by atoms with Crippen molar-refractivity contribution in [3.63, 3.8) is 0 Å². The second kappa shape index (κ2) is 9.97. The third kappa shape index (κ3) is 5.25. The number of hydrogen-bond acceptors (Lipinski definition) is 6. The third-order valence-corrected chi connectivity index (χ3v) is 6.37. The van der Waals surface area contributed by atoms with E-state index in [1.165, 1.54) is 25.5 Å². The number of phenols is 1. The average Bonchev–Trinajstić information content (AvgIpc) is 2.80. The van der Waals surface area contributed by atoms with Gasteiger partial charge in [0.1, 0.15) is 6.54 Å². The molecule has 0 spiro atoms. The molecule has 0 bridgehead atoms. The number of nitrogens with zero attached hydrogens (tertiary/aromatic N) is 2. The Kier molecular flexibility index (Phi) is 7.11. The molecule has 9 heteroatoms. The minimum Gasteiger partial charge on any atom is -0.504 e. The molecule has 166 valence electrons. The molecule has 0 aliphatic rings. The SMILES string of the molecule is COc1cccc(/C=N\NC(=O)CN(c2ccc(C)cc2)S(=O)(=O)c2ccccc2)c1O. The number of aromatic hydroxyl groups is 1. The molecule has 3 aromatic rings. The molecule has 0 heterocycles. The number of carbonyl (C=O) groups excluding carboxylic acids is 1. The van der Waals surface area contributed by atoms with Crippen molar-refractivity contribution in [3.05, 3.63) is 83.9 Å². The van der Waals surface area contributed by atoms with Crippen LogP contribution in [0.15, 0.2) is 82.8 Å². The van der Waals surface area contributed by atoms with Gasteiger partial charge in [-0.05, 0) is 43.3 Å². The van der Waals surface area contributed by atoms with Crippen LogP contribution < -0.4 is 14.5 Å². The first-order valence-corrected chi connectivity index (χ1v) is 11.1. The van der Waals surface area contributed by atoms with Crippen molar-refractivity contribution in [2.24, 2.45) is 5.10 Å². The van der Waals surface area contributed by atoms with Crippen molar-refractivity contribution in [2.75, 3.05) is 18.0 Å². The number of methoxy groups -OCH3 is 1. The third-order valence-electron chi connectivity index (χ3n) is 4.58. The lowest BCUT2D eigenvalue weighted by Crippen LogP contribution is -2.39. The van der Waals surface area contributed by atoms with Gasteiger partial charge in [0.15, 0.2) is 11.5 Å². The maximum absolute atomic E-state index is 13.2. The number of amides is 1. The van der Waals surface area contributed by atoms with E-state index in [4.69, 9.17) is 4.74 Å². The van der Waals surface area contributed by atoms with E-state index in [2.05, 4.69) is 10.5 Å². The number of hydrogen-bond donors (Lipinski definition) is 2.